The van der Waals surface area contributed by atoms with E-state index in [1.807, 2.05) is 19.2 Å². The Morgan fingerprint density at radius 2 is 2.14 bits per heavy atom. The van der Waals surface area contributed by atoms with Gasteiger partial charge in [0.05, 0.1) is 19.9 Å². The SMILES string of the molecule is CCCCN=O.COc1cnc2[nH]cc(C(OC)c3cccc4c3CCN4)c2c1. The van der Waals surface area contributed by atoms with Crippen LogP contribution in [0.4, 0.5) is 5.69 Å². The number of methoxy groups -OCH3 is 2. The van der Waals surface area contributed by atoms with Crippen LogP contribution in [0.15, 0.2) is 41.8 Å². The molecule has 1 atom stereocenters. The lowest BCUT2D eigenvalue weighted by Crippen LogP contribution is -2.06. The molecule has 29 heavy (non-hydrogen) atoms. The summed E-state index contributed by atoms with van der Waals surface area (Å²) in [5, 5.41) is 7.13. The van der Waals surface area contributed by atoms with Gasteiger partial charge in [-0.05, 0) is 36.1 Å². The van der Waals surface area contributed by atoms with Crippen molar-refractivity contribution in [2.75, 3.05) is 32.6 Å². The summed E-state index contributed by atoms with van der Waals surface area (Å²) in [5.74, 6) is 0.744. The van der Waals surface area contributed by atoms with E-state index in [0.717, 1.165) is 48.2 Å². The minimum atomic E-state index is -0.132. The highest BCUT2D eigenvalue weighted by atomic mass is 16.5. The van der Waals surface area contributed by atoms with Crippen LogP contribution >= 0.6 is 0 Å². The molecule has 0 saturated heterocycles. The molecule has 0 bridgehead atoms. The highest BCUT2D eigenvalue weighted by molar-refractivity contribution is 5.82. The fourth-order valence-corrected chi connectivity index (χ4v) is 3.59. The average molecular weight is 396 g/mol. The highest BCUT2D eigenvalue weighted by Gasteiger charge is 2.24. The topological polar surface area (TPSA) is 88.6 Å². The summed E-state index contributed by atoms with van der Waals surface area (Å²) in [4.78, 5) is 17.0. The molecule has 0 aliphatic carbocycles. The summed E-state index contributed by atoms with van der Waals surface area (Å²) in [7, 11) is 3.40. The van der Waals surface area contributed by atoms with Gasteiger partial charge in [-0.3, -0.25) is 0 Å². The fourth-order valence-electron chi connectivity index (χ4n) is 3.59. The van der Waals surface area contributed by atoms with E-state index in [9.17, 15) is 4.91 Å². The van der Waals surface area contributed by atoms with Crippen LogP contribution in [0.25, 0.3) is 11.0 Å². The number of rotatable bonds is 7. The second-order valence-corrected chi connectivity index (χ2v) is 6.89. The molecule has 1 aliphatic heterocycles. The van der Waals surface area contributed by atoms with Gasteiger partial charge in [0.25, 0.3) is 0 Å². The van der Waals surface area contributed by atoms with Crippen molar-refractivity contribution in [2.24, 2.45) is 5.18 Å². The molecule has 2 N–H and O–H groups in total. The molecule has 1 unspecified atom stereocenters. The van der Waals surface area contributed by atoms with Crippen LogP contribution in [0, 0.1) is 4.91 Å². The Bertz CT molecular complexity index is 954. The van der Waals surface area contributed by atoms with Crippen LogP contribution in [-0.4, -0.2) is 37.3 Å². The molecule has 154 valence electrons. The molecule has 0 amide bonds. The highest BCUT2D eigenvalue weighted by Crippen LogP contribution is 2.37. The van der Waals surface area contributed by atoms with Crippen molar-refractivity contribution in [3.05, 3.63) is 58.3 Å². The van der Waals surface area contributed by atoms with Gasteiger partial charge >= 0.3 is 0 Å². The third-order valence-corrected chi connectivity index (χ3v) is 5.08. The van der Waals surface area contributed by atoms with Gasteiger partial charge < -0.3 is 19.8 Å². The monoisotopic (exact) mass is 396 g/mol. The Hall–Kier alpha value is -2.93. The van der Waals surface area contributed by atoms with Gasteiger partial charge in [0.1, 0.15) is 17.5 Å². The van der Waals surface area contributed by atoms with Gasteiger partial charge in [-0.15, -0.1) is 0 Å². The number of anilines is 1. The molecular weight excluding hydrogens is 368 g/mol. The first-order valence-electron chi connectivity index (χ1n) is 9.92. The molecule has 1 aliphatic rings. The van der Waals surface area contributed by atoms with Crippen LogP contribution < -0.4 is 10.1 Å². The number of aromatic amines is 1. The normalized spacial score (nSPS) is 13.2. The van der Waals surface area contributed by atoms with Crippen molar-refractivity contribution in [3.63, 3.8) is 0 Å². The van der Waals surface area contributed by atoms with Crippen molar-refractivity contribution >= 4 is 16.7 Å². The smallest absolute Gasteiger partial charge is 0.137 e. The number of pyridine rings is 1. The predicted octanol–water partition coefficient (Wildman–Crippen LogP) is 4.83. The molecule has 0 saturated carbocycles. The maximum atomic E-state index is 9.31. The van der Waals surface area contributed by atoms with Crippen LogP contribution in [0.5, 0.6) is 5.75 Å². The third kappa shape index (κ3) is 4.56. The van der Waals surface area contributed by atoms with Crippen LogP contribution in [0.2, 0.25) is 0 Å². The minimum absolute atomic E-state index is 0.132. The van der Waals surface area contributed by atoms with E-state index in [0.29, 0.717) is 6.54 Å². The number of hydrogen-bond acceptors (Lipinski definition) is 6. The lowest BCUT2D eigenvalue weighted by atomic mass is 9.95. The molecule has 0 radical (unpaired) electrons. The van der Waals surface area contributed by atoms with Gasteiger partial charge in [0.15, 0.2) is 0 Å². The number of fused-ring (bicyclic) bond motifs is 2. The number of H-pyrrole nitrogens is 1. The number of aromatic nitrogens is 2. The second kappa shape index (κ2) is 10.0. The Kier molecular flexibility index (Phi) is 7.19. The van der Waals surface area contributed by atoms with Crippen molar-refractivity contribution in [1.29, 1.82) is 0 Å². The lowest BCUT2D eigenvalue weighted by molar-refractivity contribution is 0.137. The number of benzene rings is 1. The number of nitrogens with zero attached hydrogens (tertiary/aromatic N) is 2. The van der Waals surface area contributed by atoms with Crippen molar-refractivity contribution in [1.82, 2.24) is 9.97 Å². The van der Waals surface area contributed by atoms with Gasteiger partial charge in [0, 0.05) is 36.5 Å². The molecule has 3 heterocycles. The number of nitrogens with one attached hydrogen (secondary N) is 2. The summed E-state index contributed by atoms with van der Waals surface area (Å²) in [6, 6.07) is 8.35. The quantitative estimate of drug-likeness (QED) is 0.441. The molecule has 3 aromatic rings. The minimum Gasteiger partial charge on any atom is -0.495 e. The Balaban J connectivity index is 0.000000353. The van der Waals surface area contributed by atoms with E-state index in [1.54, 1.807) is 20.4 Å². The van der Waals surface area contributed by atoms with Crippen molar-refractivity contribution in [3.8, 4) is 5.75 Å². The maximum Gasteiger partial charge on any atom is 0.137 e. The van der Waals surface area contributed by atoms with E-state index >= 15 is 0 Å². The first-order valence-corrected chi connectivity index (χ1v) is 9.92. The van der Waals surface area contributed by atoms with Crippen LogP contribution in [0.3, 0.4) is 0 Å². The number of unbranched alkanes of at least 4 members (excludes halogenated alkanes) is 1. The second-order valence-electron chi connectivity index (χ2n) is 6.89. The zero-order valence-corrected chi connectivity index (χ0v) is 17.2. The number of hydrogen-bond donors (Lipinski definition) is 2. The van der Waals surface area contributed by atoms with Crippen LogP contribution in [-0.2, 0) is 11.2 Å². The molecule has 4 rings (SSSR count). The molecule has 2 aromatic heterocycles. The van der Waals surface area contributed by atoms with E-state index in [4.69, 9.17) is 9.47 Å². The van der Waals surface area contributed by atoms with E-state index in [2.05, 4.69) is 38.7 Å². The number of nitroso groups, excluding NO2 is 1. The summed E-state index contributed by atoms with van der Waals surface area (Å²) < 4.78 is 11.2. The average Bonchev–Trinajstić information content (AvgIpc) is 3.40. The lowest BCUT2D eigenvalue weighted by Gasteiger charge is -2.18. The zero-order chi connectivity index (χ0) is 20.6. The Morgan fingerprint density at radius 1 is 1.28 bits per heavy atom. The number of ether oxygens (including phenoxy) is 2. The summed E-state index contributed by atoms with van der Waals surface area (Å²) in [6.07, 6.45) is 6.58. The summed E-state index contributed by atoms with van der Waals surface area (Å²) in [6.45, 7) is 3.49. The molecule has 7 heteroatoms. The molecular formula is C22H28N4O3. The van der Waals surface area contributed by atoms with Gasteiger partial charge in [-0.2, -0.15) is 4.91 Å². The first-order chi connectivity index (χ1) is 14.2. The standard InChI is InChI=1S/C18H19N3O2.C4H9NO/c1-22-11-8-14-15(10-21-18(14)20-9-11)17(23-2)13-4-3-5-16-12(13)6-7-19-16;1-2-3-4-5-6/h3-5,8-10,17,19H,6-7H2,1-2H3,(H,20,21);2-4H2,1H3. The summed E-state index contributed by atoms with van der Waals surface area (Å²) in [5.41, 5.74) is 5.67. The maximum absolute atomic E-state index is 9.31. The van der Waals surface area contributed by atoms with Crippen LogP contribution in [0.1, 0.15) is 42.6 Å². The fraction of sp³-hybridized carbons (Fsp3) is 0.409. The van der Waals surface area contributed by atoms with Gasteiger partial charge in [0.2, 0.25) is 0 Å². The Labute approximate surface area is 170 Å². The zero-order valence-electron chi connectivity index (χ0n) is 17.2. The molecule has 0 spiro atoms. The van der Waals surface area contributed by atoms with E-state index in [1.165, 1.54) is 16.8 Å². The van der Waals surface area contributed by atoms with E-state index < -0.39 is 0 Å². The first kappa shape index (κ1) is 20.8. The van der Waals surface area contributed by atoms with E-state index in [-0.39, 0.29) is 6.10 Å². The Morgan fingerprint density at radius 3 is 2.83 bits per heavy atom. The van der Waals surface area contributed by atoms with Crippen molar-refractivity contribution < 1.29 is 9.47 Å². The predicted molar refractivity (Wildman–Crippen MR) is 116 cm³/mol. The molecule has 0 fully saturated rings. The molecule has 7 nitrogen and oxygen atoms in total. The van der Waals surface area contributed by atoms with Gasteiger partial charge in [-0.1, -0.05) is 30.7 Å². The van der Waals surface area contributed by atoms with Crippen molar-refractivity contribution in [2.45, 2.75) is 32.3 Å². The van der Waals surface area contributed by atoms with Gasteiger partial charge in [-0.25, -0.2) is 4.98 Å². The largest absolute Gasteiger partial charge is 0.495 e. The summed E-state index contributed by atoms with van der Waals surface area (Å²) >= 11 is 0. The molecule has 1 aromatic carbocycles. The third-order valence-electron chi connectivity index (χ3n) is 5.08.